The standard InChI is InChI=1S/C22H30N4O2S/c1-24(17-19-7-3-2-4-8-19)22(28)23-11-10-21(27)26-13-6-12-25(14-15-26)18-20-9-5-16-29-20/h2-5,7-9,16H,6,10-15,17-18H2,1H3,(H,23,28). The highest BCUT2D eigenvalue weighted by Crippen LogP contribution is 2.14. The second-order valence-electron chi connectivity index (χ2n) is 7.41. The van der Waals surface area contributed by atoms with E-state index < -0.39 is 0 Å². The zero-order valence-corrected chi connectivity index (χ0v) is 17.9. The molecule has 3 rings (SSSR count). The normalized spacial score (nSPS) is 15.0. The number of carbonyl (C=O) groups excluding carboxylic acids is 2. The maximum atomic E-state index is 12.6. The van der Waals surface area contributed by atoms with Crippen LogP contribution in [0, 0.1) is 0 Å². The van der Waals surface area contributed by atoms with E-state index in [-0.39, 0.29) is 11.9 Å². The van der Waals surface area contributed by atoms with Crippen molar-refractivity contribution >= 4 is 23.3 Å². The molecule has 1 fully saturated rings. The van der Waals surface area contributed by atoms with E-state index in [2.05, 4.69) is 27.7 Å². The van der Waals surface area contributed by atoms with Crippen molar-refractivity contribution in [3.05, 3.63) is 58.3 Å². The van der Waals surface area contributed by atoms with E-state index >= 15 is 0 Å². The van der Waals surface area contributed by atoms with Crippen LogP contribution in [0.4, 0.5) is 4.79 Å². The third kappa shape index (κ3) is 6.87. The molecule has 2 aromatic rings. The molecule has 1 aliphatic heterocycles. The van der Waals surface area contributed by atoms with Crippen LogP contribution in [0.1, 0.15) is 23.3 Å². The van der Waals surface area contributed by atoms with Crippen molar-refractivity contribution in [2.45, 2.75) is 25.9 Å². The molecule has 1 saturated heterocycles. The Kier molecular flexibility index (Phi) is 8.07. The summed E-state index contributed by atoms with van der Waals surface area (Å²) in [5.41, 5.74) is 1.08. The summed E-state index contributed by atoms with van der Waals surface area (Å²) in [5.74, 6) is 0.119. The number of nitrogens with zero attached hydrogens (tertiary/aromatic N) is 3. The van der Waals surface area contributed by atoms with Crippen molar-refractivity contribution in [3.63, 3.8) is 0 Å². The third-order valence-corrected chi connectivity index (χ3v) is 5.99. The molecule has 0 unspecified atom stereocenters. The highest BCUT2D eigenvalue weighted by atomic mass is 32.1. The molecular formula is C22H30N4O2S. The molecule has 1 aliphatic rings. The second kappa shape index (κ2) is 11.0. The highest BCUT2D eigenvalue weighted by molar-refractivity contribution is 7.09. The van der Waals surface area contributed by atoms with Gasteiger partial charge in [-0.3, -0.25) is 9.69 Å². The van der Waals surface area contributed by atoms with E-state index in [1.807, 2.05) is 35.2 Å². The lowest BCUT2D eigenvalue weighted by Gasteiger charge is -2.22. The van der Waals surface area contributed by atoms with Crippen LogP contribution in [0.2, 0.25) is 0 Å². The predicted octanol–water partition coefficient (Wildman–Crippen LogP) is 3.01. The van der Waals surface area contributed by atoms with Gasteiger partial charge in [-0.25, -0.2) is 4.79 Å². The quantitative estimate of drug-likeness (QED) is 0.758. The Labute approximate surface area is 177 Å². The van der Waals surface area contributed by atoms with Gasteiger partial charge in [0.25, 0.3) is 0 Å². The van der Waals surface area contributed by atoms with Gasteiger partial charge in [0.1, 0.15) is 0 Å². The van der Waals surface area contributed by atoms with E-state index in [1.54, 1.807) is 23.3 Å². The Morgan fingerprint density at radius 2 is 1.90 bits per heavy atom. The van der Waals surface area contributed by atoms with Gasteiger partial charge >= 0.3 is 6.03 Å². The van der Waals surface area contributed by atoms with Crippen LogP contribution in [0.15, 0.2) is 47.8 Å². The smallest absolute Gasteiger partial charge is 0.317 e. The largest absolute Gasteiger partial charge is 0.341 e. The first kappa shape index (κ1) is 21.3. The topological polar surface area (TPSA) is 55.9 Å². The zero-order valence-electron chi connectivity index (χ0n) is 17.0. The van der Waals surface area contributed by atoms with Crippen molar-refractivity contribution in [1.29, 1.82) is 0 Å². The minimum absolute atomic E-state index is 0.119. The molecule has 1 aromatic carbocycles. The SMILES string of the molecule is CN(Cc1ccccc1)C(=O)NCCC(=O)N1CCCN(Cc2cccs2)CC1. The van der Waals surface area contributed by atoms with Gasteiger partial charge in [-0.2, -0.15) is 0 Å². The molecule has 156 valence electrons. The van der Waals surface area contributed by atoms with Crippen LogP contribution in [0.3, 0.4) is 0 Å². The van der Waals surface area contributed by atoms with E-state index in [0.717, 1.165) is 44.7 Å². The molecule has 3 amide bonds. The average molecular weight is 415 g/mol. The molecule has 0 bridgehead atoms. The lowest BCUT2D eigenvalue weighted by molar-refractivity contribution is -0.130. The third-order valence-electron chi connectivity index (χ3n) is 5.13. The fourth-order valence-corrected chi connectivity index (χ4v) is 4.25. The molecule has 0 atom stereocenters. The first-order chi connectivity index (χ1) is 14.1. The van der Waals surface area contributed by atoms with E-state index in [0.29, 0.717) is 19.5 Å². The van der Waals surface area contributed by atoms with Gasteiger partial charge in [0, 0.05) is 64.2 Å². The molecule has 6 nitrogen and oxygen atoms in total. The molecule has 0 spiro atoms. The van der Waals surface area contributed by atoms with Crippen LogP contribution in [-0.2, 0) is 17.9 Å². The van der Waals surface area contributed by atoms with Crippen molar-refractivity contribution < 1.29 is 9.59 Å². The minimum Gasteiger partial charge on any atom is -0.341 e. The van der Waals surface area contributed by atoms with Gasteiger partial charge in [0.2, 0.25) is 5.91 Å². The zero-order chi connectivity index (χ0) is 20.5. The number of urea groups is 1. The number of rotatable bonds is 7. The summed E-state index contributed by atoms with van der Waals surface area (Å²) in [5, 5.41) is 4.96. The summed E-state index contributed by atoms with van der Waals surface area (Å²) in [4.78, 5) is 32.2. The maximum absolute atomic E-state index is 12.6. The van der Waals surface area contributed by atoms with Gasteiger partial charge < -0.3 is 15.1 Å². The van der Waals surface area contributed by atoms with Gasteiger partial charge in [0.05, 0.1) is 0 Å². The molecule has 29 heavy (non-hydrogen) atoms. The van der Waals surface area contributed by atoms with E-state index in [1.165, 1.54) is 4.88 Å². The Balaban J connectivity index is 1.36. The monoisotopic (exact) mass is 414 g/mol. The van der Waals surface area contributed by atoms with Crippen LogP contribution in [0.5, 0.6) is 0 Å². The number of benzene rings is 1. The Hall–Kier alpha value is -2.38. The summed E-state index contributed by atoms with van der Waals surface area (Å²) >= 11 is 1.78. The van der Waals surface area contributed by atoms with Crippen LogP contribution >= 0.6 is 11.3 Å². The lowest BCUT2D eigenvalue weighted by atomic mass is 10.2. The summed E-state index contributed by atoms with van der Waals surface area (Å²) in [6.45, 7) is 5.34. The predicted molar refractivity (Wildman–Crippen MR) is 117 cm³/mol. The molecule has 0 saturated carbocycles. The Morgan fingerprint density at radius 1 is 1.07 bits per heavy atom. The summed E-state index contributed by atoms with van der Waals surface area (Å²) < 4.78 is 0. The molecule has 7 heteroatoms. The number of carbonyl (C=O) groups is 2. The minimum atomic E-state index is -0.153. The first-order valence-electron chi connectivity index (χ1n) is 10.2. The summed E-state index contributed by atoms with van der Waals surface area (Å²) in [7, 11) is 1.77. The first-order valence-corrected chi connectivity index (χ1v) is 11.0. The number of thiophene rings is 1. The number of nitrogens with one attached hydrogen (secondary N) is 1. The molecule has 2 heterocycles. The van der Waals surface area contributed by atoms with Crippen molar-refractivity contribution in [2.75, 3.05) is 39.8 Å². The van der Waals surface area contributed by atoms with Crippen molar-refractivity contribution in [2.24, 2.45) is 0 Å². The van der Waals surface area contributed by atoms with Crippen LogP contribution in [-0.4, -0.2) is 66.4 Å². The molecule has 0 radical (unpaired) electrons. The fraction of sp³-hybridized carbons (Fsp3) is 0.455. The fourth-order valence-electron chi connectivity index (χ4n) is 3.50. The van der Waals surface area contributed by atoms with Gasteiger partial charge in [-0.05, 0) is 23.4 Å². The van der Waals surface area contributed by atoms with Gasteiger partial charge in [0.15, 0.2) is 0 Å². The van der Waals surface area contributed by atoms with Crippen molar-refractivity contribution in [1.82, 2.24) is 20.0 Å². The maximum Gasteiger partial charge on any atom is 0.317 e. The molecule has 1 aromatic heterocycles. The number of amides is 3. The Morgan fingerprint density at radius 3 is 2.66 bits per heavy atom. The van der Waals surface area contributed by atoms with Gasteiger partial charge in [-0.1, -0.05) is 36.4 Å². The highest BCUT2D eigenvalue weighted by Gasteiger charge is 2.19. The molecule has 0 aliphatic carbocycles. The number of hydrogen-bond donors (Lipinski definition) is 1. The summed E-state index contributed by atoms with van der Waals surface area (Å²) in [6, 6.07) is 14.0. The van der Waals surface area contributed by atoms with Gasteiger partial charge in [-0.15, -0.1) is 11.3 Å². The number of hydrogen-bond acceptors (Lipinski definition) is 4. The second-order valence-corrected chi connectivity index (χ2v) is 8.45. The lowest BCUT2D eigenvalue weighted by Crippen LogP contribution is -2.40. The summed E-state index contributed by atoms with van der Waals surface area (Å²) in [6.07, 6.45) is 1.33. The average Bonchev–Trinajstić information content (AvgIpc) is 3.12. The van der Waals surface area contributed by atoms with Crippen LogP contribution in [0.25, 0.3) is 0 Å². The molecule has 1 N–H and O–H groups in total. The van der Waals surface area contributed by atoms with E-state index in [9.17, 15) is 9.59 Å². The Bertz CT molecular complexity index is 766. The molecular weight excluding hydrogens is 384 g/mol. The van der Waals surface area contributed by atoms with Crippen molar-refractivity contribution in [3.8, 4) is 0 Å². The van der Waals surface area contributed by atoms with Crippen LogP contribution < -0.4 is 5.32 Å². The van der Waals surface area contributed by atoms with E-state index in [4.69, 9.17) is 0 Å².